The lowest BCUT2D eigenvalue weighted by Gasteiger charge is -2.52. The third-order valence-electron chi connectivity index (χ3n) is 9.82. The van der Waals surface area contributed by atoms with Crippen molar-refractivity contribution in [1.82, 2.24) is 0 Å². The fraction of sp³-hybridized carbons (Fsp3) is 0.767. The van der Waals surface area contributed by atoms with Crippen LogP contribution in [0.5, 0.6) is 0 Å². The first-order valence-electron chi connectivity index (χ1n) is 14.2. The largest absolute Gasteiger partial charge is 0.457 e. The normalized spacial score (nSPS) is 32.9. The summed E-state index contributed by atoms with van der Waals surface area (Å²) in [7, 11) is 0. The predicted molar refractivity (Wildman–Crippen MR) is 138 cm³/mol. The van der Waals surface area contributed by atoms with E-state index in [1.165, 1.54) is 43.3 Å². The predicted octanol–water partition coefficient (Wildman–Crippen LogP) is 7.79. The number of carbonyl (C=O) groups is 1. The van der Waals surface area contributed by atoms with Crippen molar-refractivity contribution in [3.63, 3.8) is 0 Å². The van der Waals surface area contributed by atoms with E-state index in [9.17, 15) is 15.3 Å². The molecule has 0 saturated heterocycles. The first-order valence-corrected chi connectivity index (χ1v) is 14.2. The van der Waals surface area contributed by atoms with Crippen LogP contribution in [0.25, 0.3) is 0 Å². The number of ether oxygens (including phenoxy) is 1. The van der Waals surface area contributed by atoms with E-state index in [2.05, 4.69) is 31.1 Å². The van der Waals surface area contributed by atoms with Gasteiger partial charge in [0.15, 0.2) is 0 Å². The third kappa shape index (κ3) is 5.09. The Morgan fingerprint density at radius 2 is 1.89 bits per heavy atom. The van der Waals surface area contributed by atoms with Gasteiger partial charge in [-0.05, 0) is 86.8 Å². The van der Waals surface area contributed by atoms with E-state index < -0.39 is 5.60 Å². The summed E-state index contributed by atoms with van der Waals surface area (Å²) in [4.78, 5) is 13.0. The van der Waals surface area contributed by atoms with Gasteiger partial charge in [-0.25, -0.2) is 0 Å². The number of nitriles is 1. The Labute approximate surface area is 211 Å². The molecule has 192 valence electrons. The lowest BCUT2D eigenvalue weighted by Crippen LogP contribution is -2.52. The van der Waals surface area contributed by atoms with Crippen LogP contribution >= 0.6 is 0 Å². The summed E-state index contributed by atoms with van der Waals surface area (Å²) in [6, 6.07) is 2.40. The highest BCUT2D eigenvalue weighted by atomic mass is 16.6. The van der Waals surface area contributed by atoms with Crippen LogP contribution in [-0.4, -0.2) is 22.5 Å². The molecule has 4 aliphatic carbocycles. The van der Waals surface area contributed by atoms with Crippen molar-refractivity contribution in [2.75, 3.05) is 0 Å². The highest BCUT2D eigenvalue weighted by Gasteiger charge is 2.63. The lowest BCUT2D eigenvalue weighted by atomic mass is 9.54. The number of rotatable bonds is 10. The monoisotopic (exact) mass is 480 g/mol. The van der Waals surface area contributed by atoms with Gasteiger partial charge in [-0.3, -0.25) is 4.79 Å². The number of oxime groups is 1. The van der Waals surface area contributed by atoms with Gasteiger partial charge in [0.2, 0.25) is 0 Å². The average molecular weight is 481 g/mol. The van der Waals surface area contributed by atoms with Crippen molar-refractivity contribution in [3.05, 3.63) is 22.8 Å². The topological polar surface area (TPSA) is 82.7 Å². The molecule has 0 aliphatic heterocycles. The maximum absolute atomic E-state index is 13.0. The minimum Gasteiger partial charge on any atom is -0.457 e. The van der Waals surface area contributed by atoms with Crippen LogP contribution in [-0.2, 0) is 9.53 Å². The second kappa shape index (κ2) is 11.3. The van der Waals surface area contributed by atoms with Crippen LogP contribution in [0, 0.1) is 28.6 Å². The molecule has 0 aromatic rings. The van der Waals surface area contributed by atoms with E-state index in [1.54, 1.807) is 5.57 Å². The zero-order chi connectivity index (χ0) is 24.9. The van der Waals surface area contributed by atoms with Crippen LogP contribution in [0.4, 0.5) is 0 Å². The molecule has 0 amide bonds. The highest BCUT2D eigenvalue weighted by molar-refractivity contribution is 5.97. The van der Waals surface area contributed by atoms with E-state index in [1.807, 2.05) is 0 Å². The number of esters is 1. The van der Waals surface area contributed by atoms with Gasteiger partial charge in [0, 0.05) is 11.8 Å². The number of fused-ring (bicyclic) bond motifs is 4. The number of hydrogen-bond acceptors (Lipinski definition) is 5. The number of nitrogens with zero attached hydrogens (tertiary/aromatic N) is 2. The molecule has 0 spiro atoms. The number of allylic oxidation sites excluding steroid dienone is 4. The standard InChI is InChI=1S/C30H44N2O3/c1-3-4-5-6-7-8-9-10-28(33)35-30(19-20-31)18-16-27-26-13-11-22-21-23(32-34)12-14-24(22)25(26)15-17-29(27,30)2/h21,26-27,34H,3-19H2,1-2H3/b32-23-/t26-,27+,29+,30-/m1/s1. The molecular weight excluding hydrogens is 436 g/mol. The summed E-state index contributed by atoms with van der Waals surface area (Å²) < 4.78 is 6.34. The van der Waals surface area contributed by atoms with Gasteiger partial charge in [0.25, 0.3) is 0 Å². The van der Waals surface area contributed by atoms with Crippen molar-refractivity contribution in [2.24, 2.45) is 22.4 Å². The fourth-order valence-electron chi connectivity index (χ4n) is 7.83. The smallest absolute Gasteiger partial charge is 0.306 e. The third-order valence-corrected chi connectivity index (χ3v) is 9.82. The molecule has 0 bridgehead atoms. The first kappa shape index (κ1) is 26.0. The summed E-state index contributed by atoms with van der Waals surface area (Å²) in [5, 5.41) is 22.4. The molecule has 0 unspecified atom stereocenters. The molecule has 0 heterocycles. The summed E-state index contributed by atoms with van der Waals surface area (Å²) in [6.07, 6.45) is 18.9. The van der Waals surface area contributed by atoms with E-state index in [0.29, 0.717) is 24.7 Å². The van der Waals surface area contributed by atoms with Crippen molar-refractivity contribution in [2.45, 2.75) is 129 Å². The Morgan fingerprint density at radius 1 is 1.11 bits per heavy atom. The maximum atomic E-state index is 13.0. The fourth-order valence-corrected chi connectivity index (χ4v) is 7.83. The van der Waals surface area contributed by atoms with Gasteiger partial charge in [-0.15, -0.1) is 0 Å². The zero-order valence-corrected chi connectivity index (χ0v) is 21.9. The summed E-state index contributed by atoms with van der Waals surface area (Å²) in [5.74, 6) is 0.889. The molecule has 0 aromatic heterocycles. The van der Waals surface area contributed by atoms with E-state index in [-0.39, 0.29) is 11.4 Å². The van der Waals surface area contributed by atoms with Crippen molar-refractivity contribution < 1.29 is 14.7 Å². The van der Waals surface area contributed by atoms with Crippen molar-refractivity contribution >= 4 is 11.7 Å². The quantitative estimate of drug-likeness (QED) is 0.150. The SMILES string of the molecule is CCCCCCCCCC(=O)O[C@@]1(CC#N)CC[C@H]2[C@@H]3CCC4=C/C(=N\O)CCC4=C3CC[C@@]21C. The van der Waals surface area contributed by atoms with Crippen molar-refractivity contribution in [3.8, 4) is 6.07 Å². The Kier molecular flexibility index (Phi) is 8.40. The molecule has 2 fully saturated rings. The molecule has 4 atom stereocenters. The van der Waals surface area contributed by atoms with E-state index in [0.717, 1.165) is 69.9 Å². The number of unbranched alkanes of at least 4 members (excludes halogenated alkanes) is 6. The molecule has 5 heteroatoms. The number of carbonyl (C=O) groups excluding carboxylic acids is 1. The van der Waals surface area contributed by atoms with Gasteiger partial charge >= 0.3 is 5.97 Å². The molecule has 4 aliphatic rings. The zero-order valence-electron chi connectivity index (χ0n) is 21.9. The molecule has 4 rings (SSSR count). The van der Waals surface area contributed by atoms with Crippen LogP contribution in [0.3, 0.4) is 0 Å². The minimum atomic E-state index is -0.639. The van der Waals surface area contributed by atoms with Crippen LogP contribution in [0.15, 0.2) is 28.0 Å². The van der Waals surface area contributed by atoms with Crippen LogP contribution < -0.4 is 0 Å². The molecule has 0 radical (unpaired) electrons. The minimum absolute atomic E-state index is 0.100. The van der Waals surface area contributed by atoms with Gasteiger partial charge in [-0.2, -0.15) is 5.26 Å². The highest BCUT2D eigenvalue weighted by Crippen LogP contribution is 2.65. The second-order valence-corrected chi connectivity index (χ2v) is 11.6. The van der Waals surface area contributed by atoms with Gasteiger partial charge in [0.05, 0.1) is 18.2 Å². The number of hydrogen-bond donors (Lipinski definition) is 1. The molecule has 2 saturated carbocycles. The maximum Gasteiger partial charge on any atom is 0.306 e. The lowest BCUT2D eigenvalue weighted by molar-refractivity contribution is -0.177. The van der Waals surface area contributed by atoms with Crippen LogP contribution in [0.1, 0.15) is 123 Å². The van der Waals surface area contributed by atoms with Gasteiger partial charge in [0.1, 0.15) is 5.60 Å². The Bertz CT molecular complexity index is 926. The second-order valence-electron chi connectivity index (χ2n) is 11.6. The Hall–Kier alpha value is -2.09. The Balaban J connectivity index is 1.44. The van der Waals surface area contributed by atoms with E-state index >= 15 is 0 Å². The first-order chi connectivity index (χ1) is 17.0. The van der Waals surface area contributed by atoms with Crippen LogP contribution in [0.2, 0.25) is 0 Å². The summed E-state index contributed by atoms with van der Waals surface area (Å²) in [6.45, 7) is 4.54. The average Bonchev–Trinajstić information content (AvgIpc) is 3.14. The molecule has 5 nitrogen and oxygen atoms in total. The molecular formula is C30H44N2O3. The summed E-state index contributed by atoms with van der Waals surface area (Å²) >= 11 is 0. The van der Waals surface area contributed by atoms with Gasteiger partial charge < -0.3 is 9.94 Å². The van der Waals surface area contributed by atoms with Gasteiger partial charge in [-0.1, -0.05) is 63.1 Å². The molecule has 35 heavy (non-hydrogen) atoms. The van der Waals surface area contributed by atoms with E-state index in [4.69, 9.17) is 4.74 Å². The Morgan fingerprint density at radius 3 is 2.63 bits per heavy atom. The van der Waals surface area contributed by atoms with Crippen molar-refractivity contribution in [1.29, 1.82) is 5.26 Å². The molecule has 0 aromatic carbocycles. The molecule has 1 N–H and O–H groups in total. The summed E-state index contributed by atoms with van der Waals surface area (Å²) in [5.41, 5.74) is 4.49.